The molecular weight excluding hydrogens is 446 g/mol. The van der Waals surface area contributed by atoms with Crippen LogP contribution in [-0.4, -0.2) is 65.1 Å². The summed E-state index contributed by atoms with van der Waals surface area (Å²) >= 11 is 0. The monoisotopic (exact) mass is 479 g/mol. The predicted molar refractivity (Wildman–Crippen MR) is 129 cm³/mol. The quantitative estimate of drug-likeness (QED) is 0.642. The van der Waals surface area contributed by atoms with E-state index in [2.05, 4.69) is 16.7 Å². The van der Waals surface area contributed by atoms with E-state index in [9.17, 15) is 24.4 Å². The van der Waals surface area contributed by atoms with E-state index in [1.54, 1.807) is 0 Å². The van der Waals surface area contributed by atoms with Crippen LogP contribution in [0.4, 0.5) is 5.69 Å². The Bertz CT molecular complexity index is 1080. The Morgan fingerprint density at radius 2 is 1.89 bits per heavy atom. The minimum absolute atomic E-state index is 0.0451. The Hall–Kier alpha value is -3.41. The number of amides is 4. The highest BCUT2D eigenvalue weighted by Gasteiger charge is 2.56. The first-order chi connectivity index (χ1) is 16.6. The third-order valence-electron chi connectivity index (χ3n) is 7.17. The molecule has 3 aliphatic rings. The number of likely N-dealkylation sites (tertiary alicyclic amines) is 2. The number of piperidine rings is 1. The standard InChI is InChI=1S/C26H33N5O4/c1-25(2,3)14-20(28-21(32)23(34)30-11-7-4-8-12-30)22(33)31-16-26(13-17(31)15-27)18-9-5-6-10-19(18)29-24(26)35/h5-6,9-10,17,20H,4,7-8,11-14,16H2,1-3H3,(H,28,32)(H,29,35)/t17-,20-,26-/m0/s1. The van der Waals surface area contributed by atoms with Gasteiger partial charge in [-0.05, 0) is 42.7 Å². The van der Waals surface area contributed by atoms with Gasteiger partial charge in [0.1, 0.15) is 12.1 Å². The first-order valence-corrected chi connectivity index (χ1v) is 12.3. The fraction of sp³-hybridized carbons (Fsp3) is 0.577. The lowest BCUT2D eigenvalue weighted by Crippen LogP contribution is -2.55. The lowest BCUT2D eigenvalue weighted by molar-refractivity contribution is -0.148. The molecule has 1 spiro atoms. The Kier molecular flexibility index (Phi) is 6.58. The normalized spacial score (nSPS) is 24.5. The van der Waals surface area contributed by atoms with Crippen LogP contribution in [0.15, 0.2) is 24.3 Å². The van der Waals surface area contributed by atoms with Gasteiger partial charge in [-0.15, -0.1) is 0 Å². The predicted octanol–water partition coefficient (Wildman–Crippen LogP) is 1.93. The second-order valence-electron chi connectivity index (χ2n) is 11.0. The molecular formula is C26H33N5O4. The summed E-state index contributed by atoms with van der Waals surface area (Å²) in [6.45, 7) is 6.94. The fourth-order valence-corrected chi connectivity index (χ4v) is 5.46. The van der Waals surface area contributed by atoms with Crippen molar-refractivity contribution in [3.05, 3.63) is 29.8 Å². The molecule has 3 aliphatic heterocycles. The maximum Gasteiger partial charge on any atom is 0.311 e. The van der Waals surface area contributed by atoms with Gasteiger partial charge in [0.05, 0.1) is 11.5 Å². The van der Waals surface area contributed by atoms with Crippen LogP contribution in [0.1, 0.15) is 58.4 Å². The van der Waals surface area contributed by atoms with E-state index >= 15 is 0 Å². The molecule has 4 rings (SSSR count). The molecule has 0 saturated carbocycles. The third-order valence-corrected chi connectivity index (χ3v) is 7.17. The first kappa shape index (κ1) is 24.7. The van der Waals surface area contributed by atoms with E-state index in [4.69, 9.17) is 0 Å². The molecule has 0 unspecified atom stereocenters. The number of rotatable bonds is 3. The summed E-state index contributed by atoms with van der Waals surface area (Å²) in [5, 5.41) is 15.4. The Balaban J connectivity index is 1.58. The van der Waals surface area contributed by atoms with Crippen molar-refractivity contribution < 1.29 is 19.2 Å². The molecule has 3 atom stereocenters. The summed E-state index contributed by atoms with van der Waals surface area (Å²) in [7, 11) is 0. The molecule has 0 aliphatic carbocycles. The minimum Gasteiger partial charge on any atom is -0.336 e. The van der Waals surface area contributed by atoms with Crippen molar-refractivity contribution in [1.82, 2.24) is 15.1 Å². The topological polar surface area (TPSA) is 123 Å². The Morgan fingerprint density at radius 1 is 1.20 bits per heavy atom. The maximum absolute atomic E-state index is 13.8. The van der Waals surface area contributed by atoms with Gasteiger partial charge in [0, 0.05) is 31.7 Å². The molecule has 2 N–H and O–H groups in total. The molecule has 9 heteroatoms. The summed E-state index contributed by atoms with van der Waals surface area (Å²) in [5.74, 6) is -2.11. The van der Waals surface area contributed by atoms with E-state index in [0.717, 1.165) is 24.8 Å². The van der Waals surface area contributed by atoms with Crippen LogP contribution < -0.4 is 10.6 Å². The number of hydrogen-bond donors (Lipinski definition) is 2. The summed E-state index contributed by atoms with van der Waals surface area (Å²) in [5.41, 5.74) is 0.123. The number of nitrogens with one attached hydrogen (secondary N) is 2. The van der Waals surface area contributed by atoms with E-state index < -0.39 is 35.2 Å². The van der Waals surface area contributed by atoms with Crippen LogP contribution in [0.5, 0.6) is 0 Å². The minimum atomic E-state index is -1.01. The number of carbonyl (C=O) groups is 4. The first-order valence-electron chi connectivity index (χ1n) is 12.3. The Labute approximate surface area is 205 Å². The van der Waals surface area contributed by atoms with Crippen LogP contribution in [0, 0.1) is 16.7 Å². The van der Waals surface area contributed by atoms with E-state index in [1.807, 2.05) is 45.0 Å². The third kappa shape index (κ3) is 4.75. The SMILES string of the molecule is CC(C)(C)C[C@H](NC(=O)C(=O)N1CCCCC1)C(=O)N1C[C@]2(C[C@H]1C#N)C(=O)Nc1ccccc12. The molecule has 35 heavy (non-hydrogen) atoms. The zero-order valence-corrected chi connectivity index (χ0v) is 20.6. The summed E-state index contributed by atoms with van der Waals surface area (Å²) in [6.07, 6.45) is 3.20. The highest BCUT2D eigenvalue weighted by atomic mass is 16.2. The summed E-state index contributed by atoms with van der Waals surface area (Å²) < 4.78 is 0. The molecule has 3 heterocycles. The van der Waals surface area contributed by atoms with Gasteiger partial charge in [0.15, 0.2) is 0 Å². The van der Waals surface area contributed by atoms with Crippen molar-refractivity contribution in [2.75, 3.05) is 25.0 Å². The van der Waals surface area contributed by atoms with Gasteiger partial charge >= 0.3 is 11.8 Å². The maximum atomic E-state index is 13.8. The molecule has 186 valence electrons. The summed E-state index contributed by atoms with van der Waals surface area (Å²) in [6, 6.07) is 7.69. The number of fused-ring (bicyclic) bond motifs is 2. The van der Waals surface area contributed by atoms with Crippen LogP contribution >= 0.6 is 0 Å². The number of hydrogen-bond acceptors (Lipinski definition) is 5. The van der Waals surface area contributed by atoms with E-state index in [-0.39, 0.29) is 30.7 Å². The van der Waals surface area contributed by atoms with Crippen molar-refractivity contribution in [2.24, 2.45) is 5.41 Å². The van der Waals surface area contributed by atoms with E-state index in [1.165, 1.54) is 9.80 Å². The molecule has 1 aromatic rings. The highest BCUT2D eigenvalue weighted by Crippen LogP contribution is 2.46. The van der Waals surface area contributed by atoms with Crippen LogP contribution in [0.3, 0.4) is 0 Å². The highest BCUT2D eigenvalue weighted by molar-refractivity contribution is 6.35. The van der Waals surface area contributed by atoms with Gasteiger partial charge in [-0.25, -0.2) is 0 Å². The Morgan fingerprint density at radius 3 is 2.54 bits per heavy atom. The lowest BCUT2D eigenvalue weighted by Gasteiger charge is -2.32. The molecule has 4 amide bonds. The van der Waals surface area contributed by atoms with Gasteiger partial charge in [-0.1, -0.05) is 39.0 Å². The second kappa shape index (κ2) is 9.33. The van der Waals surface area contributed by atoms with Crippen molar-refractivity contribution >= 4 is 29.3 Å². The average Bonchev–Trinajstić information content (AvgIpc) is 3.35. The number of carbonyl (C=O) groups excluding carboxylic acids is 4. The van der Waals surface area contributed by atoms with Crippen molar-refractivity contribution in [3.63, 3.8) is 0 Å². The zero-order valence-electron chi connectivity index (χ0n) is 20.6. The van der Waals surface area contributed by atoms with Crippen molar-refractivity contribution in [1.29, 1.82) is 5.26 Å². The van der Waals surface area contributed by atoms with Gasteiger partial charge in [-0.3, -0.25) is 19.2 Å². The van der Waals surface area contributed by atoms with Crippen LogP contribution in [-0.2, 0) is 24.6 Å². The van der Waals surface area contributed by atoms with Gasteiger partial charge in [0.25, 0.3) is 0 Å². The molecule has 9 nitrogen and oxygen atoms in total. The molecule has 0 radical (unpaired) electrons. The van der Waals surface area contributed by atoms with Crippen molar-refractivity contribution in [3.8, 4) is 6.07 Å². The number of nitriles is 1. The lowest BCUT2D eigenvalue weighted by atomic mass is 9.80. The van der Waals surface area contributed by atoms with Gasteiger partial charge < -0.3 is 20.4 Å². The fourth-order valence-electron chi connectivity index (χ4n) is 5.46. The van der Waals surface area contributed by atoms with Gasteiger partial charge in [0.2, 0.25) is 11.8 Å². The number of nitrogens with zero attached hydrogens (tertiary/aromatic N) is 3. The zero-order chi connectivity index (χ0) is 25.4. The largest absolute Gasteiger partial charge is 0.336 e. The van der Waals surface area contributed by atoms with Crippen LogP contribution in [0.2, 0.25) is 0 Å². The van der Waals surface area contributed by atoms with E-state index in [0.29, 0.717) is 18.8 Å². The molecule has 2 fully saturated rings. The average molecular weight is 480 g/mol. The number of para-hydroxylation sites is 1. The molecule has 1 aromatic carbocycles. The van der Waals surface area contributed by atoms with Gasteiger partial charge in [-0.2, -0.15) is 5.26 Å². The smallest absolute Gasteiger partial charge is 0.311 e. The number of benzene rings is 1. The van der Waals surface area contributed by atoms with Crippen molar-refractivity contribution in [2.45, 2.75) is 70.4 Å². The molecule has 0 bridgehead atoms. The second-order valence-corrected chi connectivity index (χ2v) is 11.0. The van der Waals surface area contributed by atoms with Crippen LogP contribution in [0.25, 0.3) is 0 Å². The molecule has 0 aromatic heterocycles. The number of anilines is 1. The molecule has 2 saturated heterocycles. The summed E-state index contributed by atoms with van der Waals surface area (Å²) in [4.78, 5) is 55.4.